The molecule has 0 aliphatic heterocycles. The average molecular weight is 360 g/mol. The fourth-order valence-corrected chi connectivity index (χ4v) is 6.54. The van der Waals surface area contributed by atoms with E-state index < -0.39 is 27.9 Å². The van der Waals surface area contributed by atoms with E-state index in [9.17, 15) is 8.42 Å². The first-order valence-electron chi connectivity index (χ1n) is 6.68. The molecule has 0 heterocycles. The smallest absolute Gasteiger partial charge is 0.397 e. The Morgan fingerprint density at radius 2 is 1.33 bits per heavy atom. The Kier molecular flexibility index (Phi) is 10.9. The molecule has 0 unspecified atom stereocenters. The minimum absolute atomic E-state index is 0.111. The number of sulfone groups is 1. The molecule has 10 heteroatoms. The average Bonchev–Trinajstić information content (AvgIpc) is 2.48. The standard InChI is InChI=1S/C11H27O7SSi2/c1-14-20(15-2)10-6-8-19(12,13)9-7-11-21(16-3,17-4)18-5/h6-11H2,1-5H3. The van der Waals surface area contributed by atoms with E-state index in [1.165, 1.54) is 21.3 Å². The number of rotatable bonds is 13. The zero-order chi connectivity index (χ0) is 16.4. The molecule has 0 aliphatic carbocycles. The van der Waals surface area contributed by atoms with E-state index in [0.29, 0.717) is 24.9 Å². The first-order chi connectivity index (χ1) is 9.88. The van der Waals surface area contributed by atoms with Crippen LogP contribution in [0, 0.1) is 0 Å². The van der Waals surface area contributed by atoms with Gasteiger partial charge in [0.2, 0.25) is 0 Å². The predicted octanol–water partition coefficient (Wildman–Crippen LogP) is 0.841. The first kappa shape index (κ1) is 21.2. The fourth-order valence-electron chi connectivity index (χ4n) is 1.89. The summed E-state index contributed by atoms with van der Waals surface area (Å²) in [6, 6.07) is 1.14. The second kappa shape index (κ2) is 10.8. The molecule has 0 spiro atoms. The van der Waals surface area contributed by atoms with Crippen LogP contribution < -0.4 is 0 Å². The van der Waals surface area contributed by atoms with Crippen molar-refractivity contribution < 1.29 is 30.5 Å². The van der Waals surface area contributed by atoms with Gasteiger partial charge in [-0.05, 0) is 18.9 Å². The zero-order valence-corrected chi connectivity index (χ0v) is 16.3. The highest BCUT2D eigenvalue weighted by Gasteiger charge is 2.37. The Morgan fingerprint density at radius 1 is 0.857 bits per heavy atom. The van der Waals surface area contributed by atoms with Crippen molar-refractivity contribution in [1.82, 2.24) is 0 Å². The molecule has 0 bridgehead atoms. The van der Waals surface area contributed by atoms with Crippen LogP contribution in [0.2, 0.25) is 12.1 Å². The molecule has 0 saturated heterocycles. The summed E-state index contributed by atoms with van der Waals surface area (Å²) < 4.78 is 50.0. The molecule has 1 radical (unpaired) electrons. The van der Waals surface area contributed by atoms with Crippen LogP contribution in [0.3, 0.4) is 0 Å². The number of hydrogen-bond donors (Lipinski definition) is 0. The van der Waals surface area contributed by atoms with Crippen molar-refractivity contribution in [2.75, 3.05) is 47.1 Å². The fraction of sp³-hybridized carbons (Fsp3) is 1.00. The van der Waals surface area contributed by atoms with Gasteiger partial charge in [-0.15, -0.1) is 0 Å². The minimum Gasteiger partial charge on any atom is -0.397 e. The van der Waals surface area contributed by atoms with E-state index >= 15 is 0 Å². The maximum Gasteiger partial charge on any atom is 0.500 e. The third kappa shape index (κ3) is 8.40. The van der Waals surface area contributed by atoms with Crippen LogP contribution in [0.5, 0.6) is 0 Å². The van der Waals surface area contributed by atoms with Crippen LogP contribution in [0.15, 0.2) is 0 Å². The van der Waals surface area contributed by atoms with Crippen molar-refractivity contribution in [2.45, 2.75) is 24.9 Å². The van der Waals surface area contributed by atoms with Crippen molar-refractivity contribution in [2.24, 2.45) is 0 Å². The molecule has 7 nitrogen and oxygen atoms in total. The zero-order valence-electron chi connectivity index (χ0n) is 13.5. The van der Waals surface area contributed by atoms with Crippen molar-refractivity contribution in [3.8, 4) is 0 Å². The maximum atomic E-state index is 12.0. The monoisotopic (exact) mass is 359 g/mol. The molecule has 0 aromatic carbocycles. The molecule has 0 amide bonds. The van der Waals surface area contributed by atoms with E-state index in [4.69, 9.17) is 22.1 Å². The van der Waals surface area contributed by atoms with Crippen molar-refractivity contribution in [3.05, 3.63) is 0 Å². The van der Waals surface area contributed by atoms with Crippen LogP contribution in [0.1, 0.15) is 12.8 Å². The summed E-state index contributed by atoms with van der Waals surface area (Å²) in [7, 11) is 0.647. The van der Waals surface area contributed by atoms with Gasteiger partial charge in [0.1, 0.15) is 9.84 Å². The van der Waals surface area contributed by atoms with Gasteiger partial charge >= 0.3 is 18.1 Å². The van der Waals surface area contributed by atoms with Crippen LogP contribution in [0.25, 0.3) is 0 Å². The Morgan fingerprint density at radius 3 is 1.76 bits per heavy atom. The second-order valence-corrected chi connectivity index (χ2v) is 11.9. The molecule has 0 aromatic rings. The lowest BCUT2D eigenvalue weighted by Gasteiger charge is -2.24. The van der Waals surface area contributed by atoms with Gasteiger partial charge in [0.05, 0.1) is 11.5 Å². The van der Waals surface area contributed by atoms with Gasteiger partial charge in [-0.3, -0.25) is 0 Å². The quantitative estimate of drug-likeness (QED) is 0.451. The van der Waals surface area contributed by atoms with Crippen LogP contribution in [-0.4, -0.2) is 73.6 Å². The Labute approximate surface area is 131 Å². The summed E-state index contributed by atoms with van der Waals surface area (Å²) in [6.45, 7) is 0. The highest BCUT2D eigenvalue weighted by molar-refractivity contribution is 7.91. The lowest BCUT2D eigenvalue weighted by atomic mass is 10.6. The highest BCUT2D eigenvalue weighted by atomic mass is 32.2. The SMILES string of the molecule is CO[Si](CCCS(=O)(=O)CCC[Si](OC)(OC)OC)OC. The van der Waals surface area contributed by atoms with Gasteiger partial charge in [-0.25, -0.2) is 8.42 Å². The summed E-state index contributed by atoms with van der Waals surface area (Å²) in [6.07, 6.45) is 1.02. The Balaban J connectivity index is 4.13. The third-order valence-electron chi connectivity index (χ3n) is 3.16. The van der Waals surface area contributed by atoms with E-state index in [2.05, 4.69) is 0 Å². The number of hydrogen-bond acceptors (Lipinski definition) is 7. The molecule has 0 atom stereocenters. The van der Waals surface area contributed by atoms with Crippen LogP contribution >= 0.6 is 0 Å². The summed E-state index contributed by atoms with van der Waals surface area (Å²) in [4.78, 5) is 0. The Bertz CT molecular complexity index is 347. The molecule has 0 N–H and O–H groups in total. The summed E-state index contributed by atoms with van der Waals surface area (Å²) in [5.41, 5.74) is 0. The molecule has 0 aromatic heterocycles. The first-order valence-corrected chi connectivity index (χ1v) is 12.0. The van der Waals surface area contributed by atoms with E-state index in [1.807, 2.05) is 0 Å². The summed E-state index contributed by atoms with van der Waals surface area (Å²) in [5, 5.41) is 0. The third-order valence-corrected chi connectivity index (χ3v) is 9.49. The van der Waals surface area contributed by atoms with E-state index in [-0.39, 0.29) is 11.5 Å². The maximum absolute atomic E-state index is 12.0. The Hall–Kier alpha value is 0.184. The summed E-state index contributed by atoms with van der Waals surface area (Å²) in [5.74, 6) is 0.259. The molecule has 0 saturated carbocycles. The normalized spacial score (nSPS) is 13.0. The van der Waals surface area contributed by atoms with Crippen molar-refractivity contribution in [1.29, 1.82) is 0 Å². The summed E-state index contributed by atoms with van der Waals surface area (Å²) >= 11 is 0. The molecule has 0 rings (SSSR count). The minimum atomic E-state index is -3.08. The van der Waals surface area contributed by atoms with Crippen molar-refractivity contribution >= 4 is 27.9 Å². The lowest BCUT2D eigenvalue weighted by molar-refractivity contribution is 0.123. The van der Waals surface area contributed by atoms with Gasteiger partial charge in [0.25, 0.3) is 0 Å². The van der Waals surface area contributed by atoms with Crippen LogP contribution in [-0.2, 0) is 32.0 Å². The molecule has 0 fully saturated rings. The van der Waals surface area contributed by atoms with Crippen molar-refractivity contribution in [3.63, 3.8) is 0 Å². The van der Waals surface area contributed by atoms with Gasteiger partial charge in [-0.1, -0.05) is 0 Å². The largest absolute Gasteiger partial charge is 0.500 e. The van der Waals surface area contributed by atoms with E-state index in [1.54, 1.807) is 14.2 Å². The molecule has 0 aliphatic rings. The highest BCUT2D eigenvalue weighted by Crippen LogP contribution is 2.16. The van der Waals surface area contributed by atoms with Gasteiger partial charge in [0.15, 0.2) is 0 Å². The predicted molar refractivity (Wildman–Crippen MR) is 84.1 cm³/mol. The van der Waals surface area contributed by atoms with Crippen LogP contribution in [0.4, 0.5) is 0 Å². The molecule has 21 heavy (non-hydrogen) atoms. The molecular formula is C11H27O7SSi2. The van der Waals surface area contributed by atoms with Gasteiger partial charge in [0, 0.05) is 41.6 Å². The molecule has 127 valence electrons. The lowest BCUT2D eigenvalue weighted by Crippen LogP contribution is -2.42. The van der Waals surface area contributed by atoms with E-state index in [0.717, 1.165) is 0 Å². The van der Waals surface area contributed by atoms with Gasteiger partial charge in [-0.2, -0.15) is 0 Å². The van der Waals surface area contributed by atoms with Gasteiger partial charge < -0.3 is 22.1 Å². The second-order valence-electron chi connectivity index (χ2n) is 4.43. The molecular weight excluding hydrogens is 332 g/mol. The topological polar surface area (TPSA) is 80.3 Å².